The molecule has 12 rings (SSSR count). The van der Waals surface area contributed by atoms with Crippen LogP contribution in [0.15, 0.2) is 265 Å². The standard InChI is InChI=1S/C62H43N3O/c1-5-21-44(22-6-1)53-33-15-17-37-59(53)65(47-27-11-4-12-28-47)51-32-20-31-50(42-51)63(45-23-7-2-8-24-45)48-29-19-30-49(41-48)64(46-25-9-3-10-26-46)52-39-40-55-54-34-13-14-35-56(54)62-61(58(55)43-52)57-36-16-18-38-60(57)66-62/h1-43H. The molecule has 0 saturated carbocycles. The van der Waals surface area contributed by atoms with Crippen molar-refractivity contribution in [2.45, 2.75) is 0 Å². The summed E-state index contributed by atoms with van der Waals surface area (Å²) in [6.45, 7) is 0. The van der Waals surface area contributed by atoms with Gasteiger partial charge in [0.25, 0.3) is 0 Å². The molecule has 0 N–H and O–H groups in total. The molecule has 0 spiro atoms. The number of hydrogen-bond acceptors (Lipinski definition) is 4. The maximum absolute atomic E-state index is 6.65. The molecular formula is C62H43N3O. The zero-order valence-corrected chi connectivity index (χ0v) is 36.1. The minimum Gasteiger partial charge on any atom is -0.455 e. The summed E-state index contributed by atoms with van der Waals surface area (Å²) in [5, 5.41) is 6.89. The van der Waals surface area contributed by atoms with Crippen molar-refractivity contribution >= 4 is 94.7 Å². The van der Waals surface area contributed by atoms with Gasteiger partial charge in [-0.1, -0.05) is 164 Å². The number of furan rings is 1. The summed E-state index contributed by atoms with van der Waals surface area (Å²) in [5.74, 6) is 0. The van der Waals surface area contributed by atoms with Crippen LogP contribution in [0.2, 0.25) is 0 Å². The van der Waals surface area contributed by atoms with Crippen molar-refractivity contribution in [1.82, 2.24) is 0 Å². The lowest BCUT2D eigenvalue weighted by molar-refractivity contribution is 0.673. The van der Waals surface area contributed by atoms with Gasteiger partial charge < -0.3 is 19.1 Å². The molecule has 0 saturated heterocycles. The van der Waals surface area contributed by atoms with Crippen LogP contribution in [0.3, 0.4) is 0 Å². The highest BCUT2D eigenvalue weighted by Crippen LogP contribution is 2.47. The SMILES string of the molecule is c1ccc(-c2ccccc2N(c2ccccc2)c2cccc(N(c3ccccc3)c3cccc(N(c4ccccc4)c4ccc5c6ccccc6c6oc7ccccc7c6c5c4)c3)c2)cc1. The number of hydrogen-bond donors (Lipinski definition) is 0. The van der Waals surface area contributed by atoms with Gasteiger partial charge in [0.05, 0.1) is 5.69 Å². The predicted octanol–water partition coefficient (Wildman–Crippen LogP) is 18.0. The smallest absolute Gasteiger partial charge is 0.143 e. The van der Waals surface area contributed by atoms with Crippen molar-refractivity contribution in [2.24, 2.45) is 0 Å². The van der Waals surface area contributed by atoms with E-state index in [0.717, 1.165) is 95.0 Å². The van der Waals surface area contributed by atoms with Crippen molar-refractivity contribution in [2.75, 3.05) is 14.7 Å². The molecule has 1 heterocycles. The van der Waals surface area contributed by atoms with E-state index in [0.29, 0.717) is 0 Å². The molecule has 11 aromatic carbocycles. The van der Waals surface area contributed by atoms with Crippen LogP contribution in [-0.2, 0) is 0 Å². The molecule has 4 heteroatoms. The predicted molar refractivity (Wildman–Crippen MR) is 278 cm³/mol. The quantitative estimate of drug-likeness (QED) is 0.128. The van der Waals surface area contributed by atoms with Gasteiger partial charge in [-0.25, -0.2) is 0 Å². The number of fused-ring (bicyclic) bond motifs is 8. The van der Waals surface area contributed by atoms with Crippen LogP contribution in [0.5, 0.6) is 0 Å². The number of rotatable bonds is 10. The molecule has 0 atom stereocenters. The second kappa shape index (κ2) is 16.7. The first-order valence-electron chi connectivity index (χ1n) is 22.4. The molecule has 0 aliphatic heterocycles. The third-order valence-corrected chi connectivity index (χ3v) is 12.6. The zero-order valence-electron chi connectivity index (χ0n) is 36.1. The molecular weight excluding hydrogens is 803 g/mol. The minimum absolute atomic E-state index is 0.889. The fourth-order valence-corrected chi connectivity index (χ4v) is 9.66. The Morgan fingerprint density at radius 1 is 0.258 bits per heavy atom. The van der Waals surface area contributed by atoms with Gasteiger partial charge in [0.1, 0.15) is 11.2 Å². The maximum Gasteiger partial charge on any atom is 0.143 e. The number of nitrogens with zero attached hydrogens (tertiary/aromatic N) is 3. The van der Waals surface area contributed by atoms with Gasteiger partial charge in [0, 0.05) is 67.2 Å². The van der Waals surface area contributed by atoms with Gasteiger partial charge in [-0.15, -0.1) is 0 Å². The largest absolute Gasteiger partial charge is 0.455 e. The van der Waals surface area contributed by atoms with Gasteiger partial charge in [0.15, 0.2) is 0 Å². The monoisotopic (exact) mass is 845 g/mol. The molecule has 0 bridgehead atoms. The lowest BCUT2D eigenvalue weighted by atomic mass is 9.96. The van der Waals surface area contributed by atoms with Gasteiger partial charge in [-0.05, 0) is 119 Å². The molecule has 0 amide bonds. The lowest BCUT2D eigenvalue weighted by Crippen LogP contribution is -2.14. The molecule has 0 aliphatic rings. The Labute approximate surface area is 384 Å². The number of anilines is 9. The normalized spacial score (nSPS) is 11.3. The second-order valence-corrected chi connectivity index (χ2v) is 16.5. The van der Waals surface area contributed by atoms with Crippen molar-refractivity contribution < 1.29 is 4.42 Å². The van der Waals surface area contributed by atoms with E-state index in [1.807, 2.05) is 6.07 Å². The molecule has 4 nitrogen and oxygen atoms in total. The van der Waals surface area contributed by atoms with Gasteiger partial charge in [-0.2, -0.15) is 0 Å². The fourth-order valence-electron chi connectivity index (χ4n) is 9.66. The highest BCUT2D eigenvalue weighted by Gasteiger charge is 2.22. The Kier molecular flexibility index (Phi) is 9.81. The number of benzene rings is 11. The van der Waals surface area contributed by atoms with Crippen LogP contribution in [-0.4, -0.2) is 0 Å². The molecule has 0 fully saturated rings. The van der Waals surface area contributed by atoms with E-state index >= 15 is 0 Å². The van der Waals surface area contributed by atoms with Gasteiger partial charge >= 0.3 is 0 Å². The summed E-state index contributed by atoms with van der Waals surface area (Å²) < 4.78 is 6.65. The Bertz CT molecular complexity index is 3660. The molecule has 0 unspecified atom stereocenters. The average molecular weight is 846 g/mol. The van der Waals surface area contributed by atoms with Crippen molar-refractivity contribution in [3.8, 4) is 11.1 Å². The molecule has 12 aromatic rings. The van der Waals surface area contributed by atoms with E-state index < -0.39 is 0 Å². The topological polar surface area (TPSA) is 22.9 Å². The highest BCUT2D eigenvalue weighted by atomic mass is 16.3. The molecule has 1 aromatic heterocycles. The number of para-hydroxylation sites is 5. The first-order valence-corrected chi connectivity index (χ1v) is 22.4. The lowest BCUT2D eigenvalue weighted by Gasteiger charge is -2.31. The summed E-state index contributed by atoms with van der Waals surface area (Å²) in [5.41, 5.74) is 13.6. The van der Waals surface area contributed by atoms with Crippen molar-refractivity contribution in [3.05, 3.63) is 261 Å². The Morgan fingerprint density at radius 3 is 1.29 bits per heavy atom. The first-order chi connectivity index (χ1) is 32.8. The highest BCUT2D eigenvalue weighted by molar-refractivity contribution is 6.30. The van der Waals surface area contributed by atoms with Crippen LogP contribution < -0.4 is 14.7 Å². The average Bonchev–Trinajstić information content (AvgIpc) is 3.79. The third kappa shape index (κ3) is 6.89. The fraction of sp³-hybridized carbons (Fsp3) is 0. The van der Waals surface area contributed by atoms with Crippen molar-refractivity contribution in [3.63, 3.8) is 0 Å². The van der Waals surface area contributed by atoms with E-state index in [9.17, 15) is 0 Å². The summed E-state index contributed by atoms with van der Waals surface area (Å²) in [7, 11) is 0. The van der Waals surface area contributed by atoms with E-state index in [2.05, 4.69) is 269 Å². The van der Waals surface area contributed by atoms with Crippen molar-refractivity contribution in [1.29, 1.82) is 0 Å². The van der Waals surface area contributed by atoms with Crippen LogP contribution in [0.25, 0.3) is 54.6 Å². The Hall–Kier alpha value is -8.86. The molecule has 0 radical (unpaired) electrons. The molecule has 312 valence electrons. The van der Waals surface area contributed by atoms with Crippen LogP contribution in [0, 0.1) is 0 Å². The summed E-state index contributed by atoms with van der Waals surface area (Å²) in [6.07, 6.45) is 0. The second-order valence-electron chi connectivity index (χ2n) is 16.5. The van der Waals surface area contributed by atoms with E-state index in [1.54, 1.807) is 0 Å². The third-order valence-electron chi connectivity index (χ3n) is 12.6. The summed E-state index contributed by atoms with van der Waals surface area (Å²) in [6, 6.07) is 92.9. The summed E-state index contributed by atoms with van der Waals surface area (Å²) >= 11 is 0. The Balaban J connectivity index is 1.03. The van der Waals surface area contributed by atoms with Crippen LogP contribution in [0.4, 0.5) is 51.2 Å². The summed E-state index contributed by atoms with van der Waals surface area (Å²) in [4.78, 5) is 7.09. The molecule has 66 heavy (non-hydrogen) atoms. The Morgan fingerprint density at radius 2 is 0.682 bits per heavy atom. The first kappa shape index (κ1) is 38.8. The maximum atomic E-state index is 6.65. The van der Waals surface area contributed by atoms with E-state index in [1.165, 1.54) is 10.8 Å². The minimum atomic E-state index is 0.889. The van der Waals surface area contributed by atoms with Crippen LogP contribution >= 0.6 is 0 Å². The van der Waals surface area contributed by atoms with Crippen LogP contribution in [0.1, 0.15) is 0 Å². The van der Waals surface area contributed by atoms with Gasteiger partial charge in [-0.3, -0.25) is 0 Å². The van der Waals surface area contributed by atoms with E-state index in [-0.39, 0.29) is 0 Å². The molecule has 0 aliphatic carbocycles. The zero-order chi connectivity index (χ0) is 43.8. The van der Waals surface area contributed by atoms with Gasteiger partial charge in [0.2, 0.25) is 0 Å². The van der Waals surface area contributed by atoms with E-state index in [4.69, 9.17) is 4.42 Å².